The molecule has 1 heterocycles. The zero-order valence-electron chi connectivity index (χ0n) is 9.58. The van der Waals surface area contributed by atoms with Crippen molar-refractivity contribution in [2.45, 2.75) is 26.4 Å². The topological polar surface area (TPSA) is 46.1 Å². The number of nitrogens with zero attached hydrogens (tertiary/aromatic N) is 1. The van der Waals surface area contributed by atoms with Crippen molar-refractivity contribution in [3.8, 4) is 0 Å². The fourth-order valence-corrected chi connectivity index (χ4v) is 1.36. The normalized spacial score (nSPS) is 12.5. The minimum Gasteiger partial charge on any atom is -0.355 e. The van der Waals surface area contributed by atoms with E-state index in [-0.39, 0.29) is 11.9 Å². The average molecular weight is 209 g/mol. The van der Waals surface area contributed by atoms with Gasteiger partial charge in [0, 0.05) is 32.0 Å². The number of carbonyl (C=O) groups excluding carboxylic acids is 1. The summed E-state index contributed by atoms with van der Waals surface area (Å²) in [5, 5.41) is 5.96. The molecule has 2 N–H and O–H groups in total. The molecule has 4 heteroatoms. The highest BCUT2D eigenvalue weighted by molar-refractivity contribution is 5.81. The summed E-state index contributed by atoms with van der Waals surface area (Å²) in [7, 11) is 1.99. The van der Waals surface area contributed by atoms with Crippen LogP contribution in [0.2, 0.25) is 0 Å². The average Bonchev–Trinajstić information content (AvgIpc) is 2.61. The molecule has 0 bridgehead atoms. The van der Waals surface area contributed by atoms with E-state index in [0.29, 0.717) is 13.1 Å². The lowest BCUT2D eigenvalue weighted by molar-refractivity contribution is -0.122. The molecule has 84 valence electrons. The summed E-state index contributed by atoms with van der Waals surface area (Å²) in [6.45, 7) is 5.17. The van der Waals surface area contributed by atoms with Crippen LogP contribution in [0.15, 0.2) is 18.3 Å². The van der Waals surface area contributed by atoms with Crippen molar-refractivity contribution in [1.29, 1.82) is 0 Å². The maximum absolute atomic E-state index is 11.4. The number of rotatable bonds is 5. The summed E-state index contributed by atoms with van der Waals surface area (Å²) in [6, 6.07) is 3.88. The quantitative estimate of drug-likeness (QED) is 0.747. The Balaban J connectivity index is 2.37. The summed E-state index contributed by atoms with van der Waals surface area (Å²) in [5.41, 5.74) is 1.17. The zero-order chi connectivity index (χ0) is 11.3. The summed E-state index contributed by atoms with van der Waals surface area (Å²) >= 11 is 0. The molecule has 1 rings (SSSR count). The highest BCUT2D eigenvalue weighted by Crippen LogP contribution is 1.99. The first kappa shape index (κ1) is 11.8. The van der Waals surface area contributed by atoms with Gasteiger partial charge in [-0.3, -0.25) is 4.79 Å². The second-order valence-electron chi connectivity index (χ2n) is 3.61. The second kappa shape index (κ2) is 5.56. The van der Waals surface area contributed by atoms with Crippen LogP contribution in [0.3, 0.4) is 0 Å². The molecule has 0 aliphatic heterocycles. The van der Waals surface area contributed by atoms with Crippen molar-refractivity contribution in [3.05, 3.63) is 24.0 Å². The molecule has 0 aromatic carbocycles. The number of hydrogen-bond donors (Lipinski definition) is 2. The van der Waals surface area contributed by atoms with Gasteiger partial charge in [0.25, 0.3) is 0 Å². The van der Waals surface area contributed by atoms with Crippen LogP contribution >= 0.6 is 0 Å². The monoisotopic (exact) mass is 209 g/mol. The van der Waals surface area contributed by atoms with E-state index in [1.807, 2.05) is 43.8 Å². The summed E-state index contributed by atoms with van der Waals surface area (Å²) in [5.74, 6) is 0.0479. The lowest BCUT2D eigenvalue weighted by Crippen LogP contribution is -2.41. The van der Waals surface area contributed by atoms with Crippen LogP contribution < -0.4 is 10.6 Å². The number of amides is 1. The first-order valence-corrected chi connectivity index (χ1v) is 5.26. The molecule has 1 unspecified atom stereocenters. The number of hydrogen-bond acceptors (Lipinski definition) is 2. The van der Waals surface area contributed by atoms with Gasteiger partial charge in [0.15, 0.2) is 0 Å². The third kappa shape index (κ3) is 3.40. The van der Waals surface area contributed by atoms with Gasteiger partial charge in [0.2, 0.25) is 5.91 Å². The van der Waals surface area contributed by atoms with Crippen LogP contribution in [0.5, 0.6) is 0 Å². The van der Waals surface area contributed by atoms with Crippen LogP contribution in [0.25, 0.3) is 0 Å². The first-order chi connectivity index (χ1) is 7.15. The smallest absolute Gasteiger partial charge is 0.236 e. The number of likely N-dealkylation sites (N-methyl/N-ethyl adjacent to an activating group) is 1. The molecule has 15 heavy (non-hydrogen) atoms. The summed E-state index contributed by atoms with van der Waals surface area (Å²) in [4.78, 5) is 11.4. The van der Waals surface area contributed by atoms with E-state index in [2.05, 4.69) is 10.6 Å². The Morgan fingerprint density at radius 1 is 1.60 bits per heavy atom. The molecule has 1 aromatic heterocycles. The zero-order valence-corrected chi connectivity index (χ0v) is 9.58. The summed E-state index contributed by atoms with van der Waals surface area (Å²) < 4.78 is 2.04. The first-order valence-electron chi connectivity index (χ1n) is 5.26. The van der Waals surface area contributed by atoms with Crippen LogP contribution in [0.1, 0.15) is 19.5 Å². The Morgan fingerprint density at radius 2 is 2.33 bits per heavy atom. The molecule has 1 amide bonds. The number of aromatic nitrogens is 1. The molecule has 0 spiro atoms. The van der Waals surface area contributed by atoms with Crippen molar-refractivity contribution in [3.63, 3.8) is 0 Å². The molecule has 0 saturated carbocycles. The van der Waals surface area contributed by atoms with Gasteiger partial charge in [-0.1, -0.05) is 0 Å². The Hall–Kier alpha value is -1.29. The number of carbonyl (C=O) groups is 1. The fraction of sp³-hybridized carbons (Fsp3) is 0.545. The predicted molar refractivity (Wildman–Crippen MR) is 60.4 cm³/mol. The van der Waals surface area contributed by atoms with Gasteiger partial charge >= 0.3 is 0 Å². The molecule has 0 radical (unpaired) electrons. The van der Waals surface area contributed by atoms with Crippen LogP contribution in [0, 0.1) is 0 Å². The Morgan fingerprint density at radius 3 is 2.87 bits per heavy atom. The third-order valence-corrected chi connectivity index (χ3v) is 2.38. The SMILES string of the molecule is CCNC(=O)C(C)NCc1cccn1C. The molecule has 1 aromatic rings. The highest BCUT2D eigenvalue weighted by atomic mass is 16.2. The van der Waals surface area contributed by atoms with E-state index in [9.17, 15) is 4.79 Å². The van der Waals surface area contributed by atoms with Crippen LogP contribution in [-0.4, -0.2) is 23.1 Å². The number of nitrogens with one attached hydrogen (secondary N) is 2. The van der Waals surface area contributed by atoms with Gasteiger partial charge in [-0.25, -0.2) is 0 Å². The van der Waals surface area contributed by atoms with Gasteiger partial charge in [-0.2, -0.15) is 0 Å². The third-order valence-electron chi connectivity index (χ3n) is 2.38. The second-order valence-corrected chi connectivity index (χ2v) is 3.61. The molecule has 0 aliphatic rings. The predicted octanol–water partition coefficient (Wildman–Crippen LogP) is 0.639. The highest BCUT2D eigenvalue weighted by Gasteiger charge is 2.10. The van der Waals surface area contributed by atoms with Gasteiger partial charge in [-0.15, -0.1) is 0 Å². The van der Waals surface area contributed by atoms with Crippen molar-refractivity contribution in [2.75, 3.05) is 6.54 Å². The number of aryl methyl sites for hydroxylation is 1. The fourth-order valence-electron chi connectivity index (χ4n) is 1.36. The minimum absolute atomic E-state index is 0.0479. The van der Waals surface area contributed by atoms with Crippen molar-refractivity contribution in [1.82, 2.24) is 15.2 Å². The van der Waals surface area contributed by atoms with Crippen LogP contribution in [-0.2, 0) is 18.4 Å². The Kier molecular flexibility index (Phi) is 4.37. The van der Waals surface area contributed by atoms with E-state index in [1.165, 1.54) is 5.69 Å². The lowest BCUT2D eigenvalue weighted by atomic mass is 10.3. The molecule has 1 atom stereocenters. The maximum atomic E-state index is 11.4. The van der Waals surface area contributed by atoms with Crippen molar-refractivity contribution >= 4 is 5.91 Å². The van der Waals surface area contributed by atoms with E-state index in [1.54, 1.807) is 0 Å². The summed E-state index contributed by atoms with van der Waals surface area (Å²) in [6.07, 6.45) is 1.99. The standard InChI is InChI=1S/C11H19N3O/c1-4-12-11(15)9(2)13-8-10-6-5-7-14(10)3/h5-7,9,13H,4,8H2,1-3H3,(H,12,15). The van der Waals surface area contributed by atoms with E-state index in [4.69, 9.17) is 0 Å². The molecular weight excluding hydrogens is 190 g/mol. The van der Waals surface area contributed by atoms with Gasteiger partial charge in [0.05, 0.1) is 6.04 Å². The molecule has 0 aliphatic carbocycles. The van der Waals surface area contributed by atoms with Crippen molar-refractivity contribution in [2.24, 2.45) is 7.05 Å². The Labute approximate surface area is 90.7 Å². The van der Waals surface area contributed by atoms with Gasteiger partial charge in [0.1, 0.15) is 0 Å². The minimum atomic E-state index is -0.153. The van der Waals surface area contributed by atoms with Crippen molar-refractivity contribution < 1.29 is 4.79 Å². The lowest BCUT2D eigenvalue weighted by Gasteiger charge is -2.13. The molecule has 4 nitrogen and oxygen atoms in total. The van der Waals surface area contributed by atoms with E-state index < -0.39 is 0 Å². The molecular formula is C11H19N3O. The maximum Gasteiger partial charge on any atom is 0.236 e. The molecule has 0 fully saturated rings. The van der Waals surface area contributed by atoms with E-state index >= 15 is 0 Å². The van der Waals surface area contributed by atoms with E-state index in [0.717, 1.165) is 0 Å². The Bertz CT molecular complexity index is 319. The van der Waals surface area contributed by atoms with Gasteiger partial charge < -0.3 is 15.2 Å². The largest absolute Gasteiger partial charge is 0.355 e. The molecule has 0 saturated heterocycles. The van der Waals surface area contributed by atoms with Gasteiger partial charge in [-0.05, 0) is 26.0 Å². The van der Waals surface area contributed by atoms with Crippen LogP contribution in [0.4, 0.5) is 0 Å².